The molecule has 0 fully saturated rings. The van der Waals surface area contributed by atoms with E-state index in [0.29, 0.717) is 30.3 Å². The number of carbonyl (C=O) groups excluding carboxylic acids is 1. The molecule has 0 radical (unpaired) electrons. The molecule has 1 aromatic carbocycles. The van der Waals surface area contributed by atoms with Crippen molar-refractivity contribution in [3.05, 3.63) is 33.3 Å². The van der Waals surface area contributed by atoms with Gasteiger partial charge in [0.15, 0.2) is 0 Å². The molecular formula is C12H15BrClNO2. The highest BCUT2D eigenvalue weighted by molar-refractivity contribution is 9.10. The average molecular weight is 321 g/mol. The molecule has 17 heavy (non-hydrogen) atoms. The lowest BCUT2D eigenvalue weighted by molar-refractivity contribution is 0.0710. The summed E-state index contributed by atoms with van der Waals surface area (Å²) in [5, 5.41) is 0.596. The van der Waals surface area contributed by atoms with Crippen LogP contribution in [0.4, 0.5) is 0 Å². The van der Waals surface area contributed by atoms with Crippen LogP contribution in [0.2, 0.25) is 5.02 Å². The third-order valence-electron chi connectivity index (χ3n) is 2.29. The van der Waals surface area contributed by atoms with Crippen LogP contribution < -0.4 is 0 Å². The number of hydrogen-bond donors (Lipinski definition) is 0. The topological polar surface area (TPSA) is 29.5 Å². The van der Waals surface area contributed by atoms with Gasteiger partial charge in [-0.3, -0.25) is 4.79 Å². The van der Waals surface area contributed by atoms with Gasteiger partial charge in [0.05, 0.1) is 11.6 Å². The summed E-state index contributed by atoms with van der Waals surface area (Å²) in [6.07, 6.45) is 0. The molecule has 3 nitrogen and oxygen atoms in total. The molecule has 0 atom stereocenters. The maximum absolute atomic E-state index is 12.0. The largest absolute Gasteiger partial charge is 0.380 e. The minimum Gasteiger partial charge on any atom is -0.380 e. The smallest absolute Gasteiger partial charge is 0.253 e. The fraction of sp³-hybridized carbons (Fsp3) is 0.417. The van der Waals surface area contributed by atoms with Gasteiger partial charge in [0, 0.05) is 30.2 Å². The first-order valence-corrected chi connectivity index (χ1v) is 6.51. The molecule has 0 bridgehead atoms. The van der Waals surface area contributed by atoms with E-state index in [-0.39, 0.29) is 5.91 Å². The van der Waals surface area contributed by atoms with Crippen molar-refractivity contribution in [3.63, 3.8) is 0 Å². The fourth-order valence-electron chi connectivity index (χ4n) is 1.30. The number of ether oxygens (including phenoxy) is 1. The fourth-order valence-corrected chi connectivity index (χ4v) is 1.79. The molecule has 0 heterocycles. The Morgan fingerprint density at radius 2 is 2.24 bits per heavy atom. The molecule has 0 saturated heterocycles. The normalized spacial score (nSPS) is 10.4. The van der Waals surface area contributed by atoms with Crippen LogP contribution in [0.1, 0.15) is 17.3 Å². The molecule has 1 aromatic rings. The predicted molar refractivity (Wildman–Crippen MR) is 72.6 cm³/mol. The van der Waals surface area contributed by atoms with Crippen molar-refractivity contribution < 1.29 is 9.53 Å². The quantitative estimate of drug-likeness (QED) is 0.780. The second-order valence-electron chi connectivity index (χ2n) is 3.55. The third kappa shape index (κ3) is 4.30. The van der Waals surface area contributed by atoms with Crippen LogP contribution in [0.15, 0.2) is 22.7 Å². The van der Waals surface area contributed by atoms with E-state index in [4.69, 9.17) is 16.3 Å². The summed E-state index contributed by atoms with van der Waals surface area (Å²) in [5.74, 6) is -0.0398. The number of rotatable bonds is 5. The molecule has 0 aliphatic carbocycles. The van der Waals surface area contributed by atoms with Crippen LogP contribution >= 0.6 is 27.5 Å². The molecule has 0 unspecified atom stereocenters. The molecule has 0 aliphatic rings. The molecule has 1 amide bonds. The van der Waals surface area contributed by atoms with E-state index in [1.54, 1.807) is 30.1 Å². The Morgan fingerprint density at radius 3 is 2.82 bits per heavy atom. The van der Waals surface area contributed by atoms with Crippen molar-refractivity contribution >= 4 is 33.4 Å². The second-order valence-corrected chi connectivity index (χ2v) is 4.81. The number of benzene rings is 1. The number of carbonyl (C=O) groups is 1. The Bertz CT molecular complexity index is 398. The van der Waals surface area contributed by atoms with Gasteiger partial charge in [-0.05, 0) is 41.1 Å². The van der Waals surface area contributed by atoms with Gasteiger partial charge in [0.1, 0.15) is 0 Å². The lowest BCUT2D eigenvalue weighted by Crippen LogP contribution is -2.30. The van der Waals surface area contributed by atoms with Gasteiger partial charge >= 0.3 is 0 Å². The minimum atomic E-state index is -0.0398. The lowest BCUT2D eigenvalue weighted by atomic mass is 10.2. The summed E-state index contributed by atoms with van der Waals surface area (Å²) in [4.78, 5) is 13.6. The van der Waals surface area contributed by atoms with E-state index in [1.165, 1.54) is 0 Å². The Hall–Kier alpha value is -0.580. The van der Waals surface area contributed by atoms with Crippen molar-refractivity contribution in [2.75, 3.05) is 26.8 Å². The van der Waals surface area contributed by atoms with Crippen LogP contribution in [0.5, 0.6) is 0 Å². The standard InChI is InChI=1S/C12H15BrClNO2/c1-3-17-7-6-15(2)12(16)9-4-5-11(14)10(13)8-9/h4-5,8H,3,6-7H2,1-2H3. The van der Waals surface area contributed by atoms with Gasteiger partial charge in [0.25, 0.3) is 5.91 Å². The van der Waals surface area contributed by atoms with Gasteiger partial charge in [-0.2, -0.15) is 0 Å². The summed E-state index contributed by atoms with van der Waals surface area (Å²) in [7, 11) is 1.75. The van der Waals surface area contributed by atoms with Crippen molar-refractivity contribution in [1.29, 1.82) is 0 Å². The van der Waals surface area contributed by atoms with Gasteiger partial charge in [0.2, 0.25) is 0 Å². The van der Waals surface area contributed by atoms with Gasteiger partial charge in [-0.25, -0.2) is 0 Å². The Kier molecular flexibility index (Phi) is 5.95. The average Bonchev–Trinajstić information content (AvgIpc) is 2.32. The van der Waals surface area contributed by atoms with Gasteiger partial charge < -0.3 is 9.64 Å². The SMILES string of the molecule is CCOCCN(C)C(=O)c1ccc(Cl)c(Br)c1. The highest BCUT2D eigenvalue weighted by atomic mass is 79.9. The molecule has 0 aliphatic heterocycles. The molecule has 5 heteroatoms. The lowest BCUT2D eigenvalue weighted by Gasteiger charge is -2.17. The van der Waals surface area contributed by atoms with E-state index in [1.807, 2.05) is 6.92 Å². The van der Waals surface area contributed by atoms with Crippen LogP contribution in [0.3, 0.4) is 0 Å². The van der Waals surface area contributed by atoms with Crippen molar-refractivity contribution in [1.82, 2.24) is 4.90 Å². The maximum atomic E-state index is 12.0. The van der Waals surface area contributed by atoms with Crippen molar-refractivity contribution in [2.24, 2.45) is 0 Å². The van der Waals surface area contributed by atoms with E-state index in [9.17, 15) is 4.79 Å². The molecular weight excluding hydrogens is 305 g/mol. The highest BCUT2D eigenvalue weighted by Gasteiger charge is 2.12. The zero-order chi connectivity index (χ0) is 12.8. The number of amides is 1. The first-order valence-electron chi connectivity index (χ1n) is 5.34. The Labute approximate surface area is 115 Å². The monoisotopic (exact) mass is 319 g/mol. The van der Waals surface area contributed by atoms with E-state index in [0.717, 1.165) is 4.47 Å². The zero-order valence-electron chi connectivity index (χ0n) is 9.87. The molecule has 0 aromatic heterocycles. The maximum Gasteiger partial charge on any atom is 0.253 e. The van der Waals surface area contributed by atoms with Crippen molar-refractivity contribution in [3.8, 4) is 0 Å². The Morgan fingerprint density at radius 1 is 1.53 bits per heavy atom. The predicted octanol–water partition coefficient (Wildman–Crippen LogP) is 3.21. The number of nitrogens with zero attached hydrogens (tertiary/aromatic N) is 1. The van der Waals surface area contributed by atoms with Gasteiger partial charge in [-0.15, -0.1) is 0 Å². The van der Waals surface area contributed by atoms with Crippen LogP contribution in [-0.4, -0.2) is 37.6 Å². The summed E-state index contributed by atoms with van der Waals surface area (Å²) in [6.45, 7) is 3.72. The van der Waals surface area contributed by atoms with E-state index in [2.05, 4.69) is 15.9 Å². The minimum absolute atomic E-state index is 0.0398. The van der Waals surface area contributed by atoms with Crippen molar-refractivity contribution in [2.45, 2.75) is 6.92 Å². The highest BCUT2D eigenvalue weighted by Crippen LogP contribution is 2.23. The summed E-state index contributed by atoms with van der Waals surface area (Å²) in [5.41, 5.74) is 0.611. The van der Waals surface area contributed by atoms with Gasteiger partial charge in [-0.1, -0.05) is 11.6 Å². The van der Waals surface area contributed by atoms with Crippen LogP contribution in [-0.2, 0) is 4.74 Å². The summed E-state index contributed by atoms with van der Waals surface area (Å²) in [6, 6.07) is 5.14. The molecule has 0 N–H and O–H groups in total. The summed E-state index contributed by atoms with van der Waals surface area (Å²) < 4.78 is 5.93. The van der Waals surface area contributed by atoms with E-state index < -0.39 is 0 Å². The first-order chi connectivity index (χ1) is 8.06. The number of halogens is 2. The molecule has 0 saturated carbocycles. The van der Waals surface area contributed by atoms with E-state index >= 15 is 0 Å². The number of hydrogen-bond acceptors (Lipinski definition) is 2. The summed E-state index contributed by atoms with van der Waals surface area (Å²) >= 11 is 9.18. The third-order valence-corrected chi connectivity index (χ3v) is 3.50. The Balaban J connectivity index is 2.65. The molecule has 1 rings (SSSR count). The number of likely N-dealkylation sites (N-methyl/N-ethyl adjacent to an activating group) is 1. The second kappa shape index (κ2) is 6.99. The van der Waals surface area contributed by atoms with Crippen LogP contribution in [0.25, 0.3) is 0 Å². The molecule has 94 valence electrons. The first kappa shape index (κ1) is 14.5. The molecule has 0 spiro atoms. The zero-order valence-corrected chi connectivity index (χ0v) is 12.2. The van der Waals surface area contributed by atoms with Crippen LogP contribution in [0, 0.1) is 0 Å².